The summed E-state index contributed by atoms with van der Waals surface area (Å²) in [4.78, 5) is 0. The molecule has 0 spiro atoms. The summed E-state index contributed by atoms with van der Waals surface area (Å²) in [5.41, 5.74) is 5.43. The molecular weight excluding hydrogens is 206 g/mol. The fraction of sp³-hybridized carbons (Fsp3) is 1.00. The lowest BCUT2D eigenvalue weighted by atomic mass is 10.2. The highest BCUT2D eigenvalue weighted by Gasteiger charge is 2.32. The molecule has 3 N–H and O–H groups in total. The quantitative estimate of drug-likeness (QED) is 0.610. The minimum atomic E-state index is -3.37. The molecule has 7 heteroatoms. The molecule has 14 heavy (non-hydrogen) atoms. The van der Waals surface area contributed by atoms with Gasteiger partial charge in [0, 0.05) is 26.2 Å². The van der Waals surface area contributed by atoms with Crippen LogP contribution in [-0.4, -0.2) is 51.6 Å². The van der Waals surface area contributed by atoms with E-state index in [4.69, 9.17) is 10.5 Å². The van der Waals surface area contributed by atoms with E-state index in [2.05, 4.69) is 4.72 Å². The monoisotopic (exact) mass is 223 g/mol. The van der Waals surface area contributed by atoms with E-state index in [0.29, 0.717) is 19.7 Å². The molecule has 0 bridgehead atoms. The summed E-state index contributed by atoms with van der Waals surface area (Å²) in [6, 6.07) is -0.143. The van der Waals surface area contributed by atoms with Crippen LogP contribution in [0.15, 0.2) is 0 Å². The van der Waals surface area contributed by atoms with E-state index in [1.54, 1.807) is 0 Å². The Bertz CT molecular complexity index is 280. The van der Waals surface area contributed by atoms with Gasteiger partial charge >= 0.3 is 0 Å². The van der Waals surface area contributed by atoms with Gasteiger partial charge in [0.1, 0.15) is 0 Å². The summed E-state index contributed by atoms with van der Waals surface area (Å²) in [5.74, 6) is 0. The van der Waals surface area contributed by atoms with Crippen LogP contribution in [0.5, 0.6) is 0 Å². The van der Waals surface area contributed by atoms with Gasteiger partial charge in [-0.2, -0.15) is 12.7 Å². The molecule has 0 saturated carbocycles. The van der Waals surface area contributed by atoms with Crippen molar-refractivity contribution in [2.75, 3.05) is 26.7 Å². The molecule has 1 rings (SSSR count). The van der Waals surface area contributed by atoms with Gasteiger partial charge < -0.3 is 10.5 Å². The summed E-state index contributed by atoms with van der Waals surface area (Å²) >= 11 is 0. The van der Waals surface area contributed by atoms with Gasteiger partial charge in [0.15, 0.2) is 0 Å². The zero-order valence-electron chi connectivity index (χ0n) is 8.43. The molecular formula is C7H17N3O3S. The molecule has 0 aromatic heterocycles. The van der Waals surface area contributed by atoms with Crippen molar-refractivity contribution >= 4 is 10.2 Å². The summed E-state index contributed by atoms with van der Waals surface area (Å²) in [6.07, 6.45) is -0.200. The van der Waals surface area contributed by atoms with Crippen molar-refractivity contribution in [2.24, 2.45) is 5.73 Å². The molecule has 1 aliphatic rings. The lowest BCUT2D eigenvalue weighted by Crippen LogP contribution is -2.55. The van der Waals surface area contributed by atoms with Crippen LogP contribution in [0.4, 0.5) is 0 Å². The first-order valence-corrected chi connectivity index (χ1v) is 5.97. The maximum atomic E-state index is 11.5. The third-order valence-electron chi connectivity index (χ3n) is 2.28. The van der Waals surface area contributed by atoms with Crippen molar-refractivity contribution in [3.8, 4) is 0 Å². The molecule has 1 heterocycles. The van der Waals surface area contributed by atoms with Gasteiger partial charge in [0.25, 0.3) is 10.2 Å². The first kappa shape index (κ1) is 11.9. The van der Waals surface area contributed by atoms with Crippen LogP contribution in [0.25, 0.3) is 0 Å². The molecule has 0 aromatic rings. The van der Waals surface area contributed by atoms with Crippen LogP contribution in [0, 0.1) is 0 Å². The summed E-state index contributed by atoms with van der Waals surface area (Å²) in [6.45, 7) is 2.85. The lowest BCUT2D eigenvalue weighted by Gasteiger charge is -2.36. The van der Waals surface area contributed by atoms with Crippen LogP contribution in [0.1, 0.15) is 6.92 Å². The molecule has 1 fully saturated rings. The van der Waals surface area contributed by atoms with Crippen molar-refractivity contribution in [3.63, 3.8) is 0 Å². The van der Waals surface area contributed by atoms with Crippen LogP contribution in [0.3, 0.4) is 0 Å². The number of nitrogens with one attached hydrogen (secondary N) is 1. The van der Waals surface area contributed by atoms with E-state index in [0.717, 1.165) is 0 Å². The molecule has 0 aliphatic carbocycles. The number of morpholine rings is 1. The molecule has 0 amide bonds. The Morgan fingerprint density at radius 3 is 2.79 bits per heavy atom. The maximum Gasteiger partial charge on any atom is 0.279 e. The number of nitrogens with zero attached hydrogens (tertiary/aromatic N) is 1. The highest BCUT2D eigenvalue weighted by atomic mass is 32.2. The van der Waals surface area contributed by atoms with Gasteiger partial charge in [-0.1, -0.05) is 0 Å². The Labute approximate surface area is 84.6 Å². The third-order valence-corrected chi connectivity index (χ3v) is 3.92. The Morgan fingerprint density at radius 1 is 1.64 bits per heavy atom. The van der Waals surface area contributed by atoms with Gasteiger partial charge in [-0.05, 0) is 6.92 Å². The average molecular weight is 223 g/mol. The number of rotatable bonds is 3. The van der Waals surface area contributed by atoms with E-state index in [1.165, 1.54) is 11.4 Å². The number of ether oxygens (including phenoxy) is 1. The van der Waals surface area contributed by atoms with Gasteiger partial charge in [0.2, 0.25) is 0 Å². The van der Waals surface area contributed by atoms with Gasteiger partial charge in [-0.15, -0.1) is 0 Å². The first-order valence-electron chi connectivity index (χ1n) is 4.53. The smallest absolute Gasteiger partial charge is 0.279 e. The SMILES string of the molecule is CNS(=O)(=O)N1CC(CN)OCC1C. The van der Waals surface area contributed by atoms with Crippen LogP contribution in [-0.2, 0) is 14.9 Å². The fourth-order valence-electron chi connectivity index (χ4n) is 1.39. The van der Waals surface area contributed by atoms with Crippen LogP contribution >= 0.6 is 0 Å². The molecule has 2 atom stereocenters. The predicted molar refractivity (Wildman–Crippen MR) is 52.9 cm³/mol. The highest BCUT2D eigenvalue weighted by Crippen LogP contribution is 2.13. The summed E-state index contributed by atoms with van der Waals surface area (Å²) in [5, 5.41) is 0. The Kier molecular flexibility index (Phi) is 3.85. The molecule has 1 saturated heterocycles. The normalized spacial score (nSPS) is 30.5. The van der Waals surface area contributed by atoms with E-state index < -0.39 is 10.2 Å². The summed E-state index contributed by atoms with van der Waals surface area (Å²) in [7, 11) is -1.97. The van der Waals surface area contributed by atoms with Crippen molar-refractivity contribution in [1.29, 1.82) is 0 Å². The molecule has 1 aliphatic heterocycles. The zero-order valence-corrected chi connectivity index (χ0v) is 9.25. The van der Waals surface area contributed by atoms with Gasteiger partial charge in [-0.3, -0.25) is 0 Å². The molecule has 0 radical (unpaired) electrons. The van der Waals surface area contributed by atoms with E-state index in [9.17, 15) is 8.42 Å². The van der Waals surface area contributed by atoms with Crippen LogP contribution in [0.2, 0.25) is 0 Å². The van der Waals surface area contributed by atoms with Crippen molar-refractivity contribution in [1.82, 2.24) is 9.03 Å². The fourth-order valence-corrected chi connectivity index (χ4v) is 2.52. The summed E-state index contributed by atoms with van der Waals surface area (Å²) < 4.78 is 32.1. The van der Waals surface area contributed by atoms with E-state index >= 15 is 0 Å². The lowest BCUT2D eigenvalue weighted by molar-refractivity contribution is -0.0223. The third kappa shape index (κ3) is 2.43. The van der Waals surface area contributed by atoms with Crippen molar-refractivity contribution in [2.45, 2.75) is 19.1 Å². The maximum absolute atomic E-state index is 11.5. The number of nitrogens with two attached hydrogens (primary N) is 1. The van der Waals surface area contributed by atoms with Gasteiger partial charge in [-0.25, -0.2) is 4.72 Å². The Hall–Kier alpha value is -0.210. The highest BCUT2D eigenvalue weighted by molar-refractivity contribution is 7.87. The Morgan fingerprint density at radius 2 is 2.29 bits per heavy atom. The molecule has 6 nitrogen and oxygen atoms in total. The molecule has 84 valence electrons. The topological polar surface area (TPSA) is 84.7 Å². The number of hydrogen-bond acceptors (Lipinski definition) is 4. The minimum absolute atomic E-state index is 0.143. The van der Waals surface area contributed by atoms with Crippen molar-refractivity contribution in [3.05, 3.63) is 0 Å². The van der Waals surface area contributed by atoms with E-state index in [-0.39, 0.29) is 12.1 Å². The zero-order chi connectivity index (χ0) is 10.8. The number of hydrogen-bond donors (Lipinski definition) is 2. The minimum Gasteiger partial charge on any atom is -0.374 e. The largest absolute Gasteiger partial charge is 0.374 e. The molecule has 2 unspecified atom stereocenters. The Balaban J connectivity index is 2.75. The second-order valence-corrected chi connectivity index (χ2v) is 5.15. The predicted octanol–water partition coefficient (Wildman–Crippen LogP) is -1.50. The van der Waals surface area contributed by atoms with Crippen molar-refractivity contribution < 1.29 is 13.2 Å². The first-order chi connectivity index (χ1) is 6.51. The van der Waals surface area contributed by atoms with E-state index in [1.807, 2.05) is 6.92 Å². The molecule has 0 aromatic carbocycles. The standard InChI is InChI=1S/C7H17N3O3S/c1-6-5-13-7(3-8)4-10(6)14(11,12)9-2/h6-7,9H,3-5,8H2,1-2H3. The van der Waals surface area contributed by atoms with Gasteiger partial charge in [0.05, 0.1) is 12.7 Å². The average Bonchev–Trinajstić information content (AvgIpc) is 2.18. The second kappa shape index (κ2) is 4.54. The second-order valence-electron chi connectivity index (χ2n) is 3.32. The van der Waals surface area contributed by atoms with Crippen LogP contribution < -0.4 is 10.5 Å².